The van der Waals surface area contributed by atoms with Gasteiger partial charge in [-0.1, -0.05) is 72.8 Å². The van der Waals surface area contributed by atoms with Crippen LogP contribution in [0.3, 0.4) is 0 Å². The number of nitrogens with zero attached hydrogens (tertiary/aromatic N) is 1. The minimum atomic E-state index is -0.0182. The van der Waals surface area contributed by atoms with Crippen LogP contribution in [0.5, 0.6) is 5.75 Å². The minimum Gasteiger partial charge on any atom is -0.497 e. The van der Waals surface area contributed by atoms with Crippen molar-refractivity contribution < 1.29 is 9.53 Å². The van der Waals surface area contributed by atoms with E-state index in [1.165, 1.54) is 16.7 Å². The van der Waals surface area contributed by atoms with Crippen molar-refractivity contribution in [2.75, 3.05) is 26.7 Å². The predicted octanol–water partition coefficient (Wildman–Crippen LogP) is 4.66. The molecule has 1 aliphatic rings. The van der Waals surface area contributed by atoms with E-state index in [4.69, 9.17) is 4.74 Å². The van der Waals surface area contributed by atoms with E-state index >= 15 is 0 Å². The molecule has 1 N–H and O–H groups in total. The zero-order valence-electron chi connectivity index (χ0n) is 18.7. The molecule has 0 saturated carbocycles. The Morgan fingerprint density at radius 2 is 1.66 bits per heavy atom. The maximum atomic E-state index is 13.1. The Hall–Kier alpha value is -3.11. The number of benzene rings is 3. The molecular weight excluding hydrogens is 396 g/mol. The summed E-state index contributed by atoms with van der Waals surface area (Å²) in [6.45, 7) is 3.21. The maximum Gasteiger partial charge on any atom is 0.224 e. The number of amides is 1. The van der Waals surface area contributed by atoms with Gasteiger partial charge in [0.05, 0.1) is 13.0 Å². The van der Waals surface area contributed by atoms with Crippen LogP contribution in [0, 0.1) is 5.92 Å². The van der Waals surface area contributed by atoms with Crippen molar-refractivity contribution in [2.45, 2.75) is 25.3 Å². The third-order valence-electron chi connectivity index (χ3n) is 6.26. The van der Waals surface area contributed by atoms with Crippen molar-refractivity contribution in [1.29, 1.82) is 0 Å². The average Bonchev–Trinajstić information content (AvgIpc) is 2.85. The standard InChI is InChI=1S/C28H32N2O2/c1-32-27-14-8-11-23(17-27)19-30-20-25(24-12-6-3-7-13-24)18-26(21-30)28(31)29-16-15-22-9-4-2-5-10-22/h2-14,17,25-26H,15-16,18-21H2,1H3,(H,29,31). The molecule has 4 heteroatoms. The molecule has 0 bridgehead atoms. The SMILES string of the molecule is COc1cccc(CN2CC(C(=O)NCCc3ccccc3)CC(c3ccccc3)C2)c1. The first kappa shape index (κ1) is 22.1. The number of likely N-dealkylation sites (tertiary alicyclic amines) is 1. The molecule has 1 aliphatic heterocycles. The number of piperidine rings is 1. The van der Waals surface area contributed by atoms with Crippen molar-refractivity contribution in [2.24, 2.45) is 5.92 Å². The molecule has 1 heterocycles. The number of hydrogen-bond acceptors (Lipinski definition) is 3. The molecule has 3 aromatic rings. The first-order valence-electron chi connectivity index (χ1n) is 11.4. The molecule has 1 fully saturated rings. The zero-order chi connectivity index (χ0) is 22.2. The molecule has 2 atom stereocenters. The summed E-state index contributed by atoms with van der Waals surface area (Å²) in [4.78, 5) is 15.5. The molecule has 1 saturated heterocycles. The van der Waals surface area contributed by atoms with Crippen molar-refractivity contribution >= 4 is 5.91 Å². The van der Waals surface area contributed by atoms with Crippen molar-refractivity contribution in [3.05, 3.63) is 102 Å². The van der Waals surface area contributed by atoms with Crippen LogP contribution >= 0.6 is 0 Å². The van der Waals surface area contributed by atoms with Crippen LogP contribution < -0.4 is 10.1 Å². The van der Waals surface area contributed by atoms with E-state index in [2.05, 4.69) is 58.7 Å². The largest absolute Gasteiger partial charge is 0.497 e. The molecule has 1 amide bonds. The van der Waals surface area contributed by atoms with Gasteiger partial charge in [0.15, 0.2) is 0 Å². The van der Waals surface area contributed by atoms with E-state index in [1.54, 1.807) is 7.11 Å². The number of ether oxygens (including phenoxy) is 1. The Labute approximate surface area is 191 Å². The van der Waals surface area contributed by atoms with Crippen LogP contribution in [0.15, 0.2) is 84.9 Å². The van der Waals surface area contributed by atoms with Crippen LogP contribution in [0.25, 0.3) is 0 Å². The number of hydrogen-bond donors (Lipinski definition) is 1. The number of methoxy groups -OCH3 is 1. The van der Waals surface area contributed by atoms with E-state index in [0.717, 1.165) is 38.2 Å². The summed E-state index contributed by atoms with van der Waals surface area (Å²) in [7, 11) is 1.70. The third-order valence-corrected chi connectivity index (χ3v) is 6.26. The fraction of sp³-hybridized carbons (Fsp3) is 0.321. The molecule has 4 rings (SSSR count). The molecule has 2 unspecified atom stereocenters. The van der Waals surface area contributed by atoms with E-state index in [9.17, 15) is 4.79 Å². The first-order valence-corrected chi connectivity index (χ1v) is 11.4. The third kappa shape index (κ3) is 5.98. The average molecular weight is 429 g/mol. The van der Waals surface area contributed by atoms with Crippen LogP contribution in [-0.2, 0) is 17.8 Å². The molecule has 0 aliphatic carbocycles. The summed E-state index contributed by atoms with van der Waals surface area (Å²) < 4.78 is 5.39. The lowest BCUT2D eigenvalue weighted by molar-refractivity contribution is -0.127. The van der Waals surface area contributed by atoms with E-state index in [1.807, 2.05) is 36.4 Å². The van der Waals surface area contributed by atoms with Gasteiger partial charge in [0.25, 0.3) is 0 Å². The second kappa shape index (κ2) is 11.0. The Bertz CT molecular complexity index is 991. The highest BCUT2D eigenvalue weighted by Crippen LogP contribution is 2.31. The molecule has 4 nitrogen and oxygen atoms in total. The number of carbonyl (C=O) groups is 1. The first-order chi connectivity index (χ1) is 15.7. The smallest absolute Gasteiger partial charge is 0.224 e. The van der Waals surface area contributed by atoms with Gasteiger partial charge in [-0.25, -0.2) is 0 Å². The molecule has 32 heavy (non-hydrogen) atoms. The molecule has 166 valence electrons. The zero-order valence-corrected chi connectivity index (χ0v) is 18.7. The van der Waals surface area contributed by atoms with Gasteiger partial charge in [-0.2, -0.15) is 0 Å². The van der Waals surface area contributed by atoms with Crippen LogP contribution in [0.2, 0.25) is 0 Å². The van der Waals surface area contributed by atoms with Gasteiger partial charge in [0.1, 0.15) is 5.75 Å². The van der Waals surface area contributed by atoms with Gasteiger partial charge in [-0.15, -0.1) is 0 Å². The number of rotatable bonds is 8. The second-order valence-corrected chi connectivity index (χ2v) is 8.61. The summed E-state index contributed by atoms with van der Waals surface area (Å²) in [5, 5.41) is 3.19. The Morgan fingerprint density at radius 1 is 0.938 bits per heavy atom. The topological polar surface area (TPSA) is 41.6 Å². The maximum absolute atomic E-state index is 13.1. The van der Waals surface area contributed by atoms with Crippen LogP contribution in [0.1, 0.15) is 29.0 Å². The summed E-state index contributed by atoms with van der Waals surface area (Å²) in [6.07, 6.45) is 1.74. The normalized spacial score (nSPS) is 18.8. The molecular formula is C28H32N2O2. The lowest BCUT2D eigenvalue weighted by Gasteiger charge is -2.37. The fourth-order valence-electron chi connectivity index (χ4n) is 4.62. The van der Waals surface area contributed by atoms with Gasteiger partial charge in [-0.05, 0) is 47.6 Å². The van der Waals surface area contributed by atoms with E-state index in [0.29, 0.717) is 12.5 Å². The second-order valence-electron chi connectivity index (χ2n) is 8.61. The summed E-state index contributed by atoms with van der Waals surface area (Å²) in [6, 6.07) is 29.1. The van der Waals surface area contributed by atoms with E-state index < -0.39 is 0 Å². The summed E-state index contributed by atoms with van der Waals surface area (Å²) in [5.74, 6) is 1.36. The minimum absolute atomic E-state index is 0.0182. The highest BCUT2D eigenvalue weighted by Gasteiger charge is 2.32. The van der Waals surface area contributed by atoms with Crippen molar-refractivity contribution in [1.82, 2.24) is 10.2 Å². The van der Waals surface area contributed by atoms with Crippen molar-refractivity contribution in [3.63, 3.8) is 0 Å². The fourth-order valence-corrected chi connectivity index (χ4v) is 4.62. The van der Waals surface area contributed by atoms with Gasteiger partial charge < -0.3 is 10.1 Å². The molecule has 0 aromatic heterocycles. The lowest BCUT2D eigenvalue weighted by Crippen LogP contribution is -2.45. The highest BCUT2D eigenvalue weighted by atomic mass is 16.5. The van der Waals surface area contributed by atoms with Gasteiger partial charge in [0, 0.05) is 26.2 Å². The lowest BCUT2D eigenvalue weighted by atomic mass is 9.84. The monoisotopic (exact) mass is 428 g/mol. The highest BCUT2D eigenvalue weighted by molar-refractivity contribution is 5.79. The summed E-state index contributed by atoms with van der Waals surface area (Å²) >= 11 is 0. The van der Waals surface area contributed by atoms with Gasteiger partial charge in [-0.3, -0.25) is 9.69 Å². The quantitative estimate of drug-likeness (QED) is 0.567. The van der Waals surface area contributed by atoms with Gasteiger partial charge in [0.2, 0.25) is 5.91 Å². The number of carbonyl (C=O) groups excluding carboxylic acids is 1. The van der Waals surface area contributed by atoms with Crippen molar-refractivity contribution in [3.8, 4) is 5.75 Å². The Kier molecular flexibility index (Phi) is 7.57. The molecule has 0 spiro atoms. The molecule has 0 radical (unpaired) electrons. The molecule has 3 aromatic carbocycles. The Morgan fingerprint density at radius 3 is 2.41 bits per heavy atom. The van der Waals surface area contributed by atoms with Crippen LogP contribution in [0.4, 0.5) is 0 Å². The Balaban J connectivity index is 1.43. The predicted molar refractivity (Wildman–Crippen MR) is 129 cm³/mol. The van der Waals surface area contributed by atoms with E-state index in [-0.39, 0.29) is 11.8 Å². The summed E-state index contributed by atoms with van der Waals surface area (Å²) in [5.41, 5.74) is 3.77. The van der Waals surface area contributed by atoms with Gasteiger partial charge >= 0.3 is 0 Å². The van der Waals surface area contributed by atoms with Crippen LogP contribution in [-0.4, -0.2) is 37.6 Å². The number of nitrogens with one attached hydrogen (secondary N) is 1.